The molecule has 7 heteroatoms. The third kappa shape index (κ3) is 5.38. The summed E-state index contributed by atoms with van der Waals surface area (Å²) < 4.78 is 16.4. The highest BCUT2D eigenvalue weighted by Gasteiger charge is 2.48. The van der Waals surface area contributed by atoms with Crippen molar-refractivity contribution in [1.29, 1.82) is 5.26 Å². The van der Waals surface area contributed by atoms with Crippen molar-refractivity contribution >= 4 is 12.1 Å². The van der Waals surface area contributed by atoms with Crippen LogP contribution in [0.1, 0.15) is 32.8 Å². The molecular formula is C25H28N2O5. The van der Waals surface area contributed by atoms with Gasteiger partial charge in [0.1, 0.15) is 23.4 Å². The van der Waals surface area contributed by atoms with Gasteiger partial charge in [0.05, 0.1) is 18.7 Å². The molecule has 0 bridgehead atoms. The van der Waals surface area contributed by atoms with Crippen LogP contribution in [0.4, 0.5) is 4.79 Å². The molecule has 1 saturated heterocycles. The van der Waals surface area contributed by atoms with E-state index in [1.54, 1.807) is 32.9 Å². The van der Waals surface area contributed by atoms with Gasteiger partial charge in [-0.3, -0.25) is 4.79 Å². The topological polar surface area (TPSA) is 88.9 Å². The number of esters is 1. The number of rotatable bonds is 5. The SMILES string of the molecule is COC(=O)C1(COc2ccc(-c3ccc(C#N)cc3)cc2)CCN(C(=O)OC(C)(C)C)C1. The van der Waals surface area contributed by atoms with E-state index >= 15 is 0 Å². The number of benzene rings is 2. The van der Waals surface area contributed by atoms with Crippen molar-refractivity contribution in [2.75, 3.05) is 26.8 Å². The fraction of sp³-hybridized carbons (Fsp3) is 0.400. The second-order valence-corrected chi connectivity index (χ2v) is 8.93. The van der Waals surface area contributed by atoms with Crippen molar-refractivity contribution in [1.82, 2.24) is 4.90 Å². The zero-order valence-corrected chi connectivity index (χ0v) is 18.9. The molecular weight excluding hydrogens is 408 g/mol. The van der Waals surface area contributed by atoms with Crippen LogP contribution in [0.5, 0.6) is 5.75 Å². The second kappa shape index (κ2) is 9.31. The van der Waals surface area contributed by atoms with Crippen LogP contribution >= 0.6 is 0 Å². The average Bonchev–Trinajstić information content (AvgIpc) is 3.22. The third-order valence-corrected chi connectivity index (χ3v) is 5.34. The summed E-state index contributed by atoms with van der Waals surface area (Å²) in [5, 5.41) is 8.93. The number of likely N-dealkylation sites (tertiary alicyclic amines) is 1. The van der Waals surface area contributed by atoms with E-state index in [1.807, 2.05) is 36.4 Å². The zero-order chi connectivity index (χ0) is 23.4. The van der Waals surface area contributed by atoms with Crippen LogP contribution in [0.2, 0.25) is 0 Å². The Hall–Kier alpha value is -3.53. The first-order valence-corrected chi connectivity index (χ1v) is 10.5. The van der Waals surface area contributed by atoms with Gasteiger partial charge in [-0.05, 0) is 62.6 Å². The fourth-order valence-electron chi connectivity index (χ4n) is 3.62. The summed E-state index contributed by atoms with van der Waals surface area (Å²) in [6, 6.07) is 16.9. The molecule has 2 aromatic carbocycles. The Morgan fingerprint density at radius 3 is 2.19 bits per heavy atom. The normalized spacial score (nSPS) is 18.0. The van der Waals surface area contributed by atoms with Gasteiger partial charge in [0.2, 0.25) is 0 Å². The molecule has 1 amide bonds. The lowest BCUT2D eigenvalue weighted by molar-refractivity contribution is -0.153. The lowest BCUT2D eigenvalue weighted by Gasteiger charge is -2.28. The lowest BCUT2D eigenvalue weighted by Crippen LogP contribution is -2.43. The highest BCUT2D eigenvalue weighted by atomic mass is 16.6. The average molecular weight is 437 g/mol. The summed E-state index contributed by atoms with van der Waals surface area (Å²) in [6.07, 6.45) is -0.0163. The number of amides is 1. The molecule has 1 unspecified atom stereocenters. The maximum atomic E-state index is 12.6. The predicted molar refractivity (Wildman–Crippen MR) is 119 cm³/mol. The first-order chi connectivity index (χ1) is 15.2. The molecule has 1 aliphatic heterocycles. The van der Waals surface area contributed by atoms with Crippen LogP contribution in [-0.4, -0.2) is 49.4 Å². The van der Waals surface area contributed by atoms with Crippen molar-refractivity contribution < 1.29 is 23.8 Å². The summed E-state index contributed by atoms with van der Waals surface area (Å²) in [4.78, 5) is 26.6. The molecule has 168 valence electrons. The number of nitriles is 1. The second-order valence-electron chi connectivity index (χ2n) is 8.93. The molecule has 1 atom stereocenters. The van der Waals surface area contributed by atoms with Gasteiger partial charge in [-0.15, -0.1) is 0 Å². The molecule has 2 aromatic rings. The number of ether oxygens (including phenoxy) is 3. The molecule has 0 saturated carbocycles. The predicted octanol–water partition coefficient (Wildman–Crippen LogP) is 4.40. The summed E-state index contributed by atoms with van der Waals surface area (Å²) >= 11 is 0. The first-order valence-electron chi connectivity index (χ1n) is 10.5. The smallest absolute Gasteiger partial charge is 0.410 e. The molecule has 0 N–H and O–H groups in total. The van der Waals surface area contributed by atoms with Crippen LogP contribution in [-0.2, 0) is 14.3 Å². The minimum absolute atomic E-state index is 0.0924. The summed E-state index contributed by atoms with van der Waals surface area (Å²) in [7, 11) is 1.34. The van der Waals surface area contributed by atoms with Gasteiger partial charge in [0.25, 0.3) is 0 Å². The molecule has 3 rings (SSSR count). The van der Waals surface area contributed by atoms with Crippen molar-refractivity contribution in [2.45, 2.75) is 32.8 Å². The Morgan fingerprint density at radius 1 is 1.06 bits per heavy atom. The maximum absolute atomic E-state index is 12.6. The van der Waals surface area contributed by atoms with E-state index < -0.39 is 23.1 Å². The molecule has 7 nitrogen and oxygen atoms in total. The van der Waals surface area contributed by atoms with Crippen molar-refractivity contribution in [3.8, 4) is 22.9 Å². The Morgan fingerprint density at radius 2 is 1.66 bits per heavy atom. The Labute approximate surface area is 188 Å². The zero-order valence-electron chi connectivity index (χ0n) is 18.9. The van der Waals surface area contributed by atoms with Crippen molar-refractivity contribution in [2.24, 2.45) is 5.41 Å². The van der Waals surface area contributed by atoms with Crippen LogP contribution in [0.25, 0.3) is 11.1 Å². The van der Waals surface area contributed by atoms with Gasteiger partial charge >= 0.3 is 12.1 Å². The third-order valence-electron chi connectivity index (χ3n) is 5.34. The summed E-state index contributed by atoms with van der Waals surface area (Å²) in [5.74, 6) is 0.208. The molecule has 1 aliphatic rings. The van der Waals surface area contributed by atoms with Crippen molar-refractivity contribution in [3.05, 3.63) is 54.1 Å². The quantitative estimate of drug-likeness (QED) is 0.646. The largest absolute Gasteiger partial charge is 0.492 e. The molecule has 0 aliphatic carbocycles. The maximum Gasteiger partial charge on any atom is 0.410 e. The standard InChI is InChI=1S/C25H28N2O5/c1-24(2,3)32-23(29)27-14-13-25(16-27,22(28)30-4)17-31-21-11-9-20(10-12-21)19-7-5-18(15-26)6-8-19/h5-12H,13-14,16-17H2,1-4H3. The fourth-order valence-corrected chi connectivity index (χ4v) is 3.62. The molecule has 1 heterocycles. The molecule has 1 fully saturated rings. The Kier molecular flexibility index (Phi) is 6.73. The minimum Gasteiger partial charge on any atom is -0.492 e. The Balaban J connectivity index is 1.67. The number of hydrogen-bond donors (Lipinski definition) is 0. The van der Waals surface area contributed by atoms with E-state index in [-0.39, 0.29) is 13.2 Å². The van der Waals surface area contributed by atoms with E-state index in [1.165, 1.54) is 12.0 Å². The first kappa shape index (κ1) is 23.1. The number of methoxy groups -OCH3 is 1. The Bertz CT molecular complexity index is 1000. The van der Waals surface area contributed by atoms with Gasteiger partial charge in [0.15, 0.2) is 0 Å². The van der Waals surface area contributed by atoms with E-state index in [2.05, 4.69) is 6.07 Å². The van der Waals surface area contributed by atoms with E-state index in [9.17, 15) is 9.59 Å². The highest BCUT2D eigenvalue weighted by molar-refractivity contribution is 5.79. The van der Waals surface area contributed by atoms with Crippen molar-refractivity contribution in [3.63, 3.8) is 0 Å². The summed E-state index contributed by atoms with van der Waals surface area (Å²) in [5.41, 5.74) is 1.03. The molecule has 0 aromatic heterocycles. The van der Waals surface area contributed by atoms with Crippen LogP contribution in [0.3, 0.4) is 0 Å². The number of hydrogen-bond acceptors (Lipinski definition) is 6. The molecule has 32 heavy (non-hydrogen) atoms. The minimum atomic E-state index is -0.947. The number of carbonyl (C=O) groups excluding carboxylic acids is 2. The van der Waals surface area contributed by atoms with E-state index in [0.717, 1.165) is 11.1 Å². The van der Waals surface area contributed by atoms with Gasteiger partial charge in [-0.25, -0.2) is 4.79 Å². The van der Waals surface area contributed by atoms with Crippen LogP contribution in [0, 0.1) is 16.7 Å². The molecule has 0 spiro atoms. The lowest BCUT2D eigenvalue weighted by atomic mass is 9.88. The van der Waals surface area contributed by atoms with Gasteiger partial charge in [-0.2, -0.15) is 5.26 Å². The van der Waals surface area contributed by atoms with E-state index in [4.69, 9.17) is 19.5 Å². The van der Waals surface area contributed by atoms with Gasteiger partial charge in [-0.1, -0.05) is 24.3 Å². The number of nitrogens with zero attached hydrogens (tertiary/aromatic N) is 2. The van der Waals surface area contributed by atoms with E-state index in [0.29, 0.717) is 24.3 Å². The van der Waals surface area contributed by atoms with Gasteiger partial charge in [0, 0.05) is 13.1 Å². The number of carbonyl (C=O) groups is 2. The molecule has 0 radical (unpaired) electrons. The monoisotopic (exact) mass is 436 g/mol. The van der Waals surface area contributed by atoms with Gasteiger partial charge < -0.3 is 19.1 Å². The highest BCUT2D eigenvalue weighted by Crippen LogP contribution is 2.34. The summed E-state index contributed by atoms with van der Waals surface area (Å²) in [6.45, 7) is 6.08. The van der Waals surface area contributed by atoms with Crippen LogP contribution in [0.15, 0.2) is 48.5 Å². The van der Waals surface area contributed by atoms with Crippen LogP contribution < -0.4 is 4.74 Å².